The molecule has 1 aliphatic rings. The van der Waals surface area contributed by atoms with E-state index in [0.717, 1.165) is 19.4 Å². The van der Waals surface area contributed by atoms with Gasteiger partial charge in [-0.25, -0.2) is 0 Å². The summed E-state index contributed by atoms with van der Waals surface area (Å²) in [6.07, 6.45) is 1.58. The molecule has 22 heavy (non-hydrogen) atoms. The summed E-state index contributed by atoms with van der Waals surface area (Å²) in [5.74, 6) is -0.624. The van der Waals surface area contributed by atoms with E-state index >= 15 is 0 Å². The minimum Gasteiger partial charge on any atom is -0.434 e. The summed E-state index contributed by atoms with van der Waals surface area (Å²) in [4.78, 5) is 12.3. The second kappa shape index (κ2) is 8.50. The van der Waals surface area contributed by atoms with Gasteiger partial charge in [0.25, 0.3) is 5.91 Å². The topological polar surface area (TPSA) is 50.4 Å². The van der Waals surface area contributed by atoms with Crippen LogP contribution >= 0.6 is 24.0 Å². The molecule has 1 amide bonds. The number of hydrogen-bond acceptors (Lipinski definition) is 3. The van der Waals surface area contributed by atoms with Crippen molar-refractivity contribution in [1.82, 2.24) is 10.6 Å². The lowest BCUT2D eigenvalue weighted by atomic mass is 10.00. The van der Waals surface area contributed by atoms with Crippen LogP contribution < -0.4 is 15.4 Å². The Morgan fingerprint density at radius 3 is 2.86 bits per heavy atom. The van der Waals surface area contributed by atoms with E-state index in [-0.39, 0.29) is 29.8 Å². The lowest BCUT2D eigenvalue weighted by Crippen LogP contribution is -2.46. The van der Waals surface area contributed by atoms with Gasteiger partial charge in [-0.15, -0.1) is 12.4 Å². The number of amides is 1. The standard InChI is InChI=1S/C14H17ClF2N2O2.ClH/c1-8-6-10(4-5-18-8)19-13(20)11-7-9(15)2-3-12(11)21-14(16)17;/h2-3,7-8,10,14,18H,4-6H2,1H3,(H,19,20);1H. The summed E-state index contributed by atoms with van der Waals surface area (Å²) in [5.41, 5.74) is 0.0222. The molecule has 8 heteroatoms. The highest BCUT2D eigenvalue weighted by atomic mass is 35.5. The first-order valence-electron chi connectivity index (χ1n) is 6.74. The summed E-state index contributed by atoms with van der Waals surface area (Å²) in [6, 6.07) is 4.32. The van der Waals surface area contributed by atoms with E-state index in [1.54, 1.807) is 0 Å². The molecule has 2 rings (SSSR count). The Kier molecular flexibility index (Phi) is 7.32. The van der Waals surface area contributed by atoms with Gasteiger partial charge in [0.1, 0.15) is 5.75 Å². The lowest BCUT2D eigenvalue weighted by molar-refractivity contribution is -0.0501. The van der Waals surface area contributed by atoms with Gasteiger partial charge in [-0.1, -0.05) is 11.6 Å². The van der Waals surface area contributed by atoms with Crippen LogP contribution in [0.5, 0.6) is 5.75 Å². The van der Waals surface area contributed by atoms with Crippen molar-refractivity contribution < 1.29 is 18.3 Å². The van der Waals surface area contributed by atoms with Crippen LogP contribution in [-0.2, 0) is 0 Å². The summed E-state index contributed by atoms with van der Waals surface area (Å²) in [7, 11) is 0. The fraction of sp³-hybridized carbons (Fsp3) is 0.500. The van der Waals surface area contributed by atoms with Gasteiger partial charge in [0.2, 0.25) is 0 Å². The molecule has 124 valence electrons. The zero-order valence-corrected chi connectivity index (χ0v) is 13.5. The SMILES string of the molecule is CC1CC(NC(=O)c2cc(Cl)ccc2OC(F)F)CCN1.Cl. The zero-order valence-electron chi connectivity index (χ0n) is 11.9. The lowest BCUT2D eigenvalue weighted by Gasteiger charge is -2.28. The van der Waals surface area contributed by atoms with Crippen molar-refractivity contribution in [3.05, 3.63) is 28.8 Å². The third-order valence-corrected chi connectivity index (χ3v) is 3.60. The number of alkyl halides is 2. The molecule has 0 saturated carbocycles. The summed E-state index contributed by atoms with van der Waals surface area (Å²) in [5, 5.41) is 6.41. The minimum absolute atomic E-state index is 0. The Morgan fingerprint density at radius 1 is 1.50 bits per heavy atom. The van der Waals surface area contributed by atoms with E-state index in [2.05, 4.69) is 15.4 Å². The number of ether oxygens (including phenoxy) is 1. The van der Waals surface area contributed by atoms with Crippen LogP contribution in [-0.4, -0.2) is 31.1 Å². The van der Waals surface area contributed by atoms with Crippen molar-refractivity contribution in [2.75, 3.05) is 6.54 Å². The average molecular weight is 355 g/mol. The molecule has 2 unspecified atom stereocenters. The Morgan fingerprint density at radius 2 is 2.23 bits per heavy atom. The molecule has 0 spiro atoms. The Balaban J connectivity index is 0.00000242. The normalized spacial score (nSPS) is 21.1. The van der Waals surface area contributed by atoms with Gasteiger partial charge in [0.15, 0.2) is 0 Å². The van der Waals surface area contributed by atoms with Gasteiger partial charge in [0.05, 0.1) is 5.56 Å². The summed E-state index contributed by atoms with van der Waals surface area (Å²) < 4.78 is 29.1. The molecule has 0 aliphatic carbocycles. The van der Waals surface area contributed by atoms with Crippen molar-refractivity contribution in [2.24, 2.45) is 0 Å². The molecule has 0 radical (unpaired) electrons. The van der Waals surface area contributed by atoms with E-state index in [1.807, 2.05) is 6.92 Å². The predicted octanol–water partition coefficient (Wildman–Crippen LogP) is 3.23. The zero-order chi connectivity index (χ0) is 15.4. The number of hydrogen-bond donors (Lipinski definition) is 2. The van der Waals surface area contributed by atoms with Gasteiger partial charge in [-0.05, 0) is 44.5 Å². The third kappa shape index (κ3) is 5.26. The highest BCUT2D eigenvalue weighted by molar-refractivity contribution is 6.31. The second-order valence-electron chi connectivity index (χ2n) is 5.07. The molecule has 1 aliphatic heterocycles. The fourth-order valence-electron chi connectivity index (χ4n) is 2.40. The van der Waals surface area contributed by atoms with Gasteiger partial charge in [-0.2, -0.15) is 8.78 Å². The van der Waals surface area contributed by atoms with Crippen molar-refractivity contribution >= 4 is 29.9 Å². The van der Waals surface area contributed by atoms with Crippen molar-refractivity contribution in [3.8, 4) is 5.75 Å². The van der Waals surface area contributed by atoms with E-state index in [9.17, 15) is 13.6 Å². The van der Waals surface area contributed by atoms with Crippen LogP contribution in [0.1, 0.15) is 30.1 Å². The van der Waals surface area contributed by atoms with Crippen LogP contribution in [0.4, 0.5) is 8.78 Å². The molecule has 1 aromatic carbocycles. The van der Waals surface area contributed by atoms with Crippen LogP contribution in [0.3, 0.4) is 0 Å². The maximum absolute atomic E-state index is 12.4. The minimum atomic E-state index is -2.99. The number of halogens is 4. The van der Waals surface area contributed by atoms with Crippen LogP contribution in [0.2, 0.25) is 5.02 Å². The van der Waals surface area contributed by atoms with Crippen LogP contribution in [0.15, 0.2) is 18.2 Å². The number of carbonyl (C=O) groups is 1. The number of piperidine rings is 1. The quantitative estimate of drug-likeness (QED) is 0.872. The van der Waals surface area contributed by atoms with Crippen LogP contribution in [0, 0.1) is 0 Å². The fourth-order valence-corrected chi connectivity index (χ4v) is 2.58. The van der Waals surface area contributed by atoms with Gasteiger partial charge < -0.3 is 15.4 Å². The van der Waals surface area contributed by atoms with Gasteiger partial charge in [-0.3, -0.25) is 4.79 Å². The number of nitrogens with one attached hydrogen (secondary N) is 2. The highest BCUT2D eigenvalue weighted by Crippen LogP contribution is 2.25. The maximum Gasteiger partial charge on any atom is 0.387 e. The Bertz CT molecular complexity index is 518. The van der Waals surface area contributed by atoms with E-state index in [1.165, 1.54) is 18.2 Å². The summed E-state index contributed by atoms with van der Waals surface area (Å²) in [6.45, 7) is -0.151. The maximum atomic E-state index is 12.4. The van der Waals surface area contributed by atoms with E-state index < -0.39 is 12.5 Å². The number of rotatable bonds is 4. The molecule has 0 aromatic heterocycles. The molecule has 1 heterocycles. The smallest absolute Gasteiger partial charge is 0.387 e. The predicted molar refractivity (Wildman–Crippen MR) is 83.3 cm³/mol. The monoisotopic (exact) mass is 354 g/mol. The first-order chi connectivity index (χ1) is 9.95. The molecule has 2 N–H and O–H groups in total. The molecule has 2 atom stereocenters. The largest absolute Gasteiger partial charge is 0.434 e. The molecule has 0 bridgehead atoms. The van der Waals surface area contributed by atoms with Crippen molar-refractivity contribution in [2.45, 2.75) is 38.5 Å². The first kappa shape index (κ1) is 18.9. The molecular formula is C14H18Cl2F2N2O2. The van der Waals surface area contributed by atoms with Crippen LogP contribution in [0.25, 0.3) is 0 Å². The second-order valence-corrected chi connectivity index (χ2v) is 5.51. The summed E-state index contributed by atoms with van der Waals surface area (Å²) >= 11 is 5.83. The van der Waals surface area contributed by atoms with Gasteiger partial charge in [0, 0.05) is 17.1 Å². The Hall–Kier alpha value is -1.11. The van der Waals surface area contributed by atoms with E-state index in [0.29, 0.717) is 11.1 Å². The third-order valence-electron chi connectivity index (χ3n) is 3.36. The first-order valence-corrected chi connectivity index (χ1v) is 7.12. The number of carbonyl (C=O) groups excluding carboxylic acids is 1. The Labute approximate surface area is 139 Å². The molecular weight excluding hydrogens is 337 g/mol. The van der Waals surface area contributed by atoms with Crippen molar-refractivity contribution in [1.29, 1.82) is 0 Å². The molecule has 4 nitrogen and oxygen atoms in total. The van der Waals surface area contributed by atoms with E-state index in [4.69, 9.17) is 11.6 Å². The molecule has 1 saturated heterocycles. The van der Waals surface area contributed by atoms with Gasteiger partial charge >= 0.3 is 6.61 Å². The average Bonchev–Trinajstić information content (AvgIpc) is 2.40. The number of benzene rings is 1. The van der Waals surface area contributed by atoms with Crippen molar-refractivity contribution in [3.63, 3.8) is 0 Å². The molecule has 1 fully saturated rings. The highest BCUT2D eigenvalue weighted by Gasteiger charge is 2.23. The molecule has 1 aromatic rings.